The van der Waals surface area contributed by atoms with E-state index in [0.717, 1.165) is 29.7 Å². The molecule has 0 bridgehead atoms. The fourth-order valence-corrected chi connectivity index (χ4v) is 10.9. The van der Waals surface area contributed by atoms with Gasteiger partial charge in [-0.05, 0) is 61.3 Å². The second kappa shape index (κ2) is 28.9. The SMILES string of the molecule is CC[C@H](C)[C@H](NC(=O)[C@H]1CCCC[N+]1(C)Cc1ccc(O[C@@H]2O[C@H](C(=O)O)[C@@H](O)[C@H](O)[C@H]2O)c(NC(=O)CCN)c1)C(=O)N(C)[C@H](C[C@@H](OC(=O)C(C)C)c1nc(C(=O)N[C@@H](Cc2ccccc2)C[C@H](C)C(=O)O)cs1)C(C)C. The van der Waals surface area contributed by atoms with Gasteiger partial charge in [0.05, 0.1) is 31.1 Å². The lowest BCUT2D eigenvalue weighted by atomic mass is 9.92. The number of amides is 4. The molecule has 3 aromatic rings. The van der Waals surface area contributed by atoms with Crippen molar-refractivity contribution in [1.29, 1.82) is 0 Å². The summed E-state index contributed by atoms with van der Waals surface area (Å²) in [6.07, 6.45) is -7.21. The van der Waals surface area contributed by atoms with Gasteiger partial charge in [-0.15, -0.1) is 11.3 Å². The Labute approximate surface area is 466 Å². The van der Waals surface area contributed by atoms with Gasteiger partial charge in [0.2, 0.25) is 18.1 Å². The van der Waals surface area contributed by atoms with E-state index >= 15 is 0 Å². The van der Waals surface area contributed by atoms with Crippen LogP contribution in [0.3, 0.4) is 0 Å². The van der Waals surface area contributed by atoms with E-state index < -0.39 is 103 Å². The number of nitrogens with zero attached hydrogens (tertiary/aromatic N) is 3. The monoisotopic (exact) mass is 1120 g/mol. The number of hydrogen-bond donors (Lipinski definition) is 9. The Hall–Kier alpha value is -6.08. The van der Waals surface area contributed by atoms with E-state index in [1.54, 1.807) is 50.2 Å². The van der Waals surface area contributed by atoms with Crippen molar-refractivity contribution < 1.29 is 77.8 Å². The molecule has 5 rings (SSSR count). The Balaban J connectivity index is 1.37. The average molecular weight is 1130 g/mol. The smallest absolute Gasteiger partial charge is 0.335 e. The highest BCUT2D eigenvalue weighted by molar-refractivity contribution is 7.09. The van der Waals surface area contributed by atoms with Crippen LogP contribution in [0.15, 0.2) is 53.9 Å². The highest BCUT2D eigenvalue weighted by Crippen LogP contribution is 2.35. The Bertz CT molecular complexity index is 2570. The lowest BCUT2D eigenvalue weighted by Gasteiger charge is -2.44. The molecule has 4 amide bonds. The van der Waals surface area contributed by atoms with Crippen LogP contribution in [0.1, 0.15) is 126 Å². The van der Waals surface area contributed by atoms with Crippen molar-refractivity contribution >= 4 is 58.6 Å². The summed E-state index contributed by atoms with van der Waals surface area (Å²) in [4.78, 5) is 99.8. The second-order valence-corrected chi connectivity index (χ2v) is 22.9. The molecule has 13 atom stereocenters. The van der Waals surface area contributed by atoms with Gasteiger partial charge in [0.25, 0.3) is 11.8 Å². The van der Waals surface area contributed by atoms with Crippen molar-refractivity contribution in [2.45, 2.75) is 167 Å². The quantitative estimate of drug-likeness (QED) is 0.0385. The fraction of sp³-hybridized carbons (Fsp3) is 0.607. The number of ether oxygens (including phenoxy) is 3. The van der Waals surface area contributed by atoms with Crippen LogP contribution in [0, 0.1) is 23.7 Å². The van der Waals surface area contributed by atoms with Crippen LogP contribution in [0.25, 0.3) is 0 Å². The summed E-state index contributed by atoms with van der Waals surface area (Å²) in [5.41, 5.74) is 7.42. The first-order chi connectivity index (χ1) is 37.3. The number of rotatable bonds is 27. The number of carbonyl (C=O) groups is 7. The molecule has 10 N–H and O–H groups in total. The Morgan fingerprint density at radius 2 is 1.61 bits per heavy atom. The molecule has 3 heterocycles. The third-order valence-corrected chi connectivity index (χ3v) is 16.0. The average Bonchev–Trinajstić information content (AvgIpc) is 4.00. The molecular formula is C56H82N7O15S+. The first-order valence-corrected chi connectivity index (χ1v) is 28.0. The summed E-state index contributed by atoms with van der Waals surface area (Å²) < 4.78 is 17.5. The molecule has 0 radical (unpaired) electrons. The van der Waals surface area contributed by atoms with Gasteiger partial charge in [-0.2, -0.15) is 0 Å². The number of piperidine rings is 1. The number of carboxylic acids is 2. The Morgan fingerprint density at radius 3 is 2.23 bits per heavy atom. The van der Waals surface area contributed by atoms with Crippen molar-refractivity contribution in [3.8, 4) is 5.75 Å². The number of aliphatic hydroxyl groups is 3. The minimum atomic E-state index is -1.95. The normalized spacial score (nSPS) is 23.5. The maximum atomic E-state index is 15.0. The van der Waals surface area contributed by atoms with E-state index in [2.05, 4.69) is 20.9 Å². The molecule has 436 valence electrons. The number of carboxylic acid groups (broad SMARTS) is 2. The lowest BCUT2D eigenvalue weighted by Crippen LogP contribution is -2.63. The standard InChI is InChI=1S/C56H81N7O15S/c1-10-32(6)44(61-50(69)40-18-14-15-23-63(40,9)28-35-19-20-41(37(26-35)59-43(64)21-22-57)77-56-47(67)45(65)46(66)48(78-56)54(73)74)52(70)62(8)39(30(2)3)27-42(76-55(75)31(4)5)51-60-38(29-79-51)49(68)58-36(24-33(7)53(71)72)25-34-16-12-11-13-17-34/h11-13,16-17,19-20,26,29-33,36,39-40,42,44-48,56,65-67H,10,14-15,18,21-25,27-28,57H2,1-9H3,(H4-,58,59,61,64,68,69,71,72,73,74)/p+1/t32-,33-,36+,39+,40+,42+,44-,45-,46-,47+,48-,56+,63?/m0/s1. The van der Waals surface area contributed by atoms with Crippen LogP contribution in [0.2, 0.25) is 0 Å². The zero-order chi connectivity index (χ0) is 58.5. The number of anilines is 1. The van der Waals surface area contributed by atoms with E-state index in [1.165, 1.54) is 6.07 Å². The van der Waals surface area contributed by atoms with Crippen LogP contribution in [-0.2, 0) is 51.2 Å². The number of aliphatic carboxylic acids is 2. The molecule has 23 heteroatoms. The predicted octanol–water partition coefficient (Wildman–Crippen LogP) is 4.00. The molecule has 2 aliphatic rings. The number of quaternary nitrogens is 1. The number of likely N-dealkylation sites (N-methyl/N-ethyl adjacent to an activating group) is 2. The van der Waals surface area contributed by atoms with Crippen molar-refractivity contribution in [1.82, 2.24) is 20.5 Å². The van der Waals surface area contributed by atoms with E-state index in [1.807, 2.05) is 65.1 Å². The van der Waals surface area contributed by atoms with Gasteiger partial charge in [-0.3, -0.25) is 28.8 Å². The Kier molecular flexibility index (Phi) is 23.3. The van der Waals surface area contributed by atoms with Gasteiger partial charge in [-0.1, -0.05) is 85.2 Å². The van der Waals surface area contributed by atoms with Gasteiger partial charge in [-0.25, -0.2) is 9.78 Å². The van der Waals surface area contributed by atoms with Crippen LogP contribution < -0.4 is 26.4 Å². The zero-order valence-corrected chi connectivity index (χ0v) is 47.5. The number of benzene rings is 2. The van der Waals surface area contributed by atoms with E-state index in [-0.39, 0.29) is 77.6 Å². The van der Waals surface area contributed by atoms with Gasteiger partial charge in [0.1, 0.15) is 47.3 Å². The largest absolute Gasteiger partial charge is 0.481 e. The van der Waals surface area contributed by atoms with Gasteiger partial charge < -0.3 is 70.8 Å². The van der Waals surface area contributed by atoms with Crippen molar-refractivity contribution in [2.24, 2.45) is 29.4 Å². The van der Waals surface area contributed by atoms with Gasteiger partial charge in [0.15, 0.2) is 18.2 Å². The molecule has 2 aliphatic heterocycles. The number of nitrogens with one attached hydrogen (secondary N) is 3. The second-order valence-electron chi connectivity index (χ2n) is 22.0. The minimum absolute atomic E-state index is 0.0243. The van der Waals surface area contributed by atoms with E-state index in [0.29, 0.717) is 36.4 Å². The predicted molar refractivity (Wildman–Crippen MR) is 292 cm³/mol. The van der Waals surface area contributed by atoms with Crippen LogP contribution in [0.5, 0.6) is 5.75 Å². The zero-order valence-electron chi connectivity index (χ0n) is 46.7. The molecule has 2 aromatic carbocycles. The molecule has 2 saturated heterocycles. The number of carbonyl (C=O) groups excluding carboxylic acids is 5. The lowest BCUT2D eigenvalue weighted by molar-refractivity contribution is -0.942. The topological polar surface area (TPSA) is 327 Å². The van der Waals surface area contributed by atoms with E-state index in [4.69, 9.17) is 19.9 Å². The first kappa shape index (κ1) is 63.7. The highest BCUT2D eigenvalue weighted by Gasteiger charge is 2.49. The molecule has 2 fully saturated rings. The van der Waals surface area contributed by atoms with Crippen molar-refractivity contribution in [2.75, 3.05) is 32.5 Å². The van der Waals surface area contributed by atoms with E-state index in [9.17, 15) is 59.1 Å². The van der Waals surface area contributed by atoms with Gasteiger partial charge in [0, 0.05) is 55.9 Å². The Morgan fingerprint density at radius 1 is 0.911 bits per heavy atom. The molecule has 0 spiro atoms. The number of thiazole rings is 1. The highest BCUT2D eigenvalue weighted by atomic mass is 32.1. The van der Waals surface area contributed by atoms with Gasteiger partial charge >= 0.3 is 17.9 Å². The number of nitrogens with two attached hydrogens (primary N) is 1. The maximum absolute atomic E-state index is 15.0. The minimum Gasteiger partial charge on any atom is -0.481 e. The summed E-state index contributed by atoms with van der Waals surface area (Å²) in [5.74, 6) is -6.56. The fourth-order valence-electron chi connectivity index (χ4n) is 10.1. The summed E-state index contributed by atoms with van der Waals surface area (Å²) >= 11 is 1.13. The molecular weight excluding hydrogens is 1040 g/mol. The molecule has 0 saturated carbocycles. The molecule has 79 heavy (non-hydrogen) atoms. The maximum Gasteiger partial charge on any atom is 0.335 e. The summed E-state index contributed by atoms with van der Waals surface area (Å²) in [7, 11) is 3.61. The number of aromatic nitrogens is 1. The third kappa shape index (κ3) is 17.0. The number of likely N-dealkylation sites (tertiary alicyclic amines) is 1. The van der Waals surface area contributed by atoms with Crippen LogP contribution >= 0.6 is 11.3 Å². The third-order valence-electron chi connectivity index (χ3n) is 15.1. The number of aliphatic hydroxyl groups excluding tert-OH is 3. The number of hydrogen-bond acceptors (Lipinski definition) is 16. The summed E-state index contributed by atoms with van der Waals surface area (Å²) in [6, 6.07) is 11.5. The molecule has 1 aromatic heterocycles. The summed E-state index contributed by atoms with van der Waals surface area (Å²) in [6.45, 7) is 13.6. The van der Waals surface area contributed by atoms with Crippen molar-refractivity contribution in [3.05, 3.63) is 75.7 Å². The molecule has 22 nitrogen and oxygen atoms in total. The molecule has 1 unspecified atom stereocenters. The van der Waals surface area contributed by atoms with Crippen LogP contribution in [-0.4, -0.2) is 163 Å². The van der Waals surface area contributed by atoms with Crippen molar-refractivity contribution in [3.63, 3.8) is 0 Å². The number of esters is 1. The van der Waals surface area contributed by atoms with Crippen LogP contribution in [0.4, 0.5) is 5.69 Å². The first-order valence-electron chi connectivity index (χ1n) is 27.2. The summed E-state index contributed by atoms with van der Waals surface area (Å²) in [5, 5.41) is 61.4. The molecule has 0 aliphatic carbocycles.